The van der Waals surface area contributed by atoms with E-state index in [2.05, 4.69) is 0 Å². The van der Waals surface area contributed by atoms with Crippen molar-refractivity contribution in [3.05, 3.63) is 23.8 Å². The van der Waals surface area contributed by atoms with Gasteiger partial charge in [-0.3, -0.25) is 9.59 Å². The van der Waals surface area contributed by atoms with Crippen LogP contribution >= 0.6 is 0 Å². The van der Waals surface area contributed by atoms with Gasteiger partial charge in [-0.25, -0.2) is 0 Å². The molecule has 2 aliphatic heterocycles. The van der Waals surface area contributed by atoms with Gasteiger partial charge in [0.25, 0.3) is 0 Å². The van der Waals surface area contributed by atoms with E-state index >= 15 is 0 Å². The van der Waals surface area contributed by atoms with Crippen LogP contribution in [0.25, 0.3) is 0 Å². The summed E-state index contributed by atoms with van der Waals surface area (Å²) >= 11 is 0. The first-order chi connectivity index (χ1) is 19.2. The van der Waals surface area contributed by atoms with E-state index in [1.165, 1.54) is 6.08 Å². The summed E-state index contributed by atoms with van der Waals surface area (Å²) in [5, 5.41) is 33.0. The third-order valence-electron chi connectivity index (χ3n) is 8.51. The Hall–Kier alpha value is -1.95. The molecule has 0 aliphatic carbocycles. The van der Waals surface area contributed by atoms with E-state index in [1.807, 2.05) is 26.8 Å². The molecule has 3 N–H and O–H groups in total. The molecule has 2 rings (SSSR count). The van der Waals surface area contributed by atoms with Crippen molar-refractivity contribution in [3.8, 4) is 0 Å². The average Bonchev–Trinajstić information content (AvgIpc) is 2.90. The van der Waals surface area contributed by atoms with Crippen LogP contribution in [0.3, 0.4) is 0 Å². The summed E-state index contributed by atoms with van der Waals surface area (Å²) in [7, 11) is 3.46. The third-order valence-corrected chi connectivity index (χ3v) is 8.51. The van der Waals surface area contributed by atoms with Crippen LogP contribution in [0.4, 0.5) is 0 Å². The zero-order valence-electron chi connectivity index (χ0n) is 25.8. The lowest BCUT2D eigenvalue weighted by molar-refractivity contribution is -0.304. The van der Waals surface area contributed by atoms with Crippen LogP contribution in [0, 0.1) is 23.7 Å². The second kappa shape index (κ2) is 16.0. The molecule has 12 atom stereocenters. The first kappa shape index (κ1) is 35.2. The SMILES string of the molecule is CC[C@H]1OC(=O)C[C@@H](O)[C@H](C)[C@@H](O[C@@H]2O[C@H](C)[C@@H](O)[C@H](N(C)C)[C@H]2O)C(CC=O)C[C@@H](C)C(=O)/C=C/C(C)=C/C1C. The number of aliphatic hydroxyl groups is 3. The molecular weight excluding hydrogens is 530 g/mol. The molecule has 10 nitrogen and oxygen atoms in total. The lowest BCUT2D eigenvalue weighted by Crippen LogP contribution is -2.63. The van der Waals surface area contributed by atoms with Crippen molar-refractivity contribution in [2.45, 2.75) is 116 Å². The van der Waals surface area contributed by atoms with Gasteiger partial charge in [-0.15, -0.1) is 0 Å². The van der Waals surface area contributed by atoms with Gasteiger partial charge in [0, 0.05) is 24.2 Å². The van der Waals surface area contributed by atoms with Crippen LogP contribution in [0.15, 0.2) is 23.8 Å². The molecule has 0 saturated carbocycles. The Morgan fingerprint density at radius 2 is 1.73 bits per heavy atom. The van der Waals surface area contributed by atoms with Crippen molar-refractivity contribution in [1.82, 2.24) is 4.90 Å². The maximum absolute atomic E-state index is 13.1. The Labute approximate surface area is 244 Å². The van der Waals surface area contributed by atoms with E-state index in [0.29, 0.717) is 6.42 Å². The molecule has 41 heavy (non-hydrogen) atoms. The number of nitrogens with zero attached hydrogens (tertiary/aromatic N) is 1. The summed E-state index contributed by atoms with van der Waals surface area (Å²) < 4.78 is 18.0. The van der Waals surface area contributed by atoms with E-state index in [1.54, 1.807) is 45.8 Å². The van der Waals surface area contributed by atoms with E-state index in [0.717, 1.165) is 11.9 Å². The van der Waals surface area contributed by atoms with Gasteiger partial charge >= 0.3 is 5.97 Å². The summed E-state index contributed by atoms with van der Waals surface area (Å²) in [6, 6.07) is -0.690. The monoisotopic (exact) mass is 581 g/mol. The number of hydrogen-bond donors (Lipinski definition) is 3. The van der Waals surface area contributed by atoms with Gasteiger partial charge in [-0.05, 0) is 52.8 Å². The lowest BCUT2D eigenvalue weighted by atomic mass is 9.79. The first-order valence-electron chi connectivity index (χ1n) is 14.8. The van der Waals surface area contributed by atoms with Crippen LogP contribution in [0.1, 0.15) is 67.2 Å². The third kappa shape index (κ3) is 9.53. The summed E-state index contributed by atoms with van der Waals surface area (Å²) in [4.78, 5) is 39.5. The van der Waals surface area contributed by atoms with E-state index in [9.17, 15) is 29.7 Å². The fourth-order valence-electron chi connectivity index (χ4n) is 5.92. The Morgan fingerprint density at radius 3 is 2.32 bits per heavy atom. The van der Waals surface area contributed by atoms with E-state index in [-0.39, 0.29) is 31.0 Å². The van der Waals surface area contributed by atoms with Crippen molar-refractivity contribution in [1.29, 1.82) is 0 Å². The van der Waals surface area contributed by atoms with Crippen LogP contribution in [-0.2, 0) is 28.6 Å². The molecule has 2 unspecified atom stereocenters. The van der Waals surface area contributed by atoms with Crippen LogP contribution in [0.2, 0.25) is 0 Å². The minimum absolute atomic E-state index is 0.0277. The fraction of sp³-hybridized carbons (Fsp3) is 0.774. The number of allylic oxidation sites excluding steroid dienone is 3. The van der Waals surface area contributed by atoms with Crippen LogP contribution in [-0.4, -0.2) is 101 Å². The number of likely N-dealkylation sites (N-methyl/N-ethyl adjacent to an activating group) is 1. The maximum Gasteiger partial charge on any atom is 0.308 e. The number of ketones is 1. The average molecular weight is 582 g/mol. The second-order valence-electron chi connectivity index (χ2n) is 12.1. The van der Waals surface area contributed by atoms with Gasteiger partial charge < -0.3 is 39.2 Å². The maximum atomic E-state index is 13.1. The molecule has 0 aromatic heterocycles. The number of rotatable bonds is 6. The van der Waals surface area contributed by atoms with Gasteiger partial charge in [0.15, 0.2) is 12.1 Å². The molecule has 0 radical (unpaired) electrons. The number of esters is 1. The summed E-state index contributed by atoms with van der Waals surface area (Å²) in [6.07, 6.45) is -0.0195. The summed E-state index contributed by atoms with van der Waals surface area (Å²) in [5.74, 6) is -2.48. The molecule has 10 heteroatoms. The summed E-state index contributed by atoms with van der Waals surface area (Å²) in [5.41, 5.74) is 0.856. The van der Waals surface area contributed by atoms with Gasteiger partial charge in [0.05, 0.1) is 36.9 Å². The largest absolute Gasteiger partial charge is 0.462 e. The zero-order chi connectivity index (χ0) is 31.0. The highest BCUT2D eigenvalue weighted by Gasteiger charge is 2.47. The lowest BCUT2D eigenvalue weighted by Gasteiger charge is -2.46. The highest BCUT2D eigenvalue weighted by molar-refractivity contribution is 5.91. The van der Waals surface area contributed by atoms with E-state index in [4.69, 9.17) is 14.2 Å². The Balaban J connectivity index is 2.50. The topological polar surface area (TPSA) is 143 Å². The molecule has 1 saturated heterocycles. The highest BCUT2D eigenvalue weighted by atomic mass is 16.7. The fourth-order valence-corrected chi connectivity index (χ4v) is 5.92. The number of ether oxygens (including phenoxy) is 3. The second-order valence-corrected chi connectivity index (χ2v) is 12.1. The van der Waals surface area contributed by atoms with Gasteiger partial charge in [-0.1, -0.05) is 45.4 Å². The number of aldehydes is 1. The number of hydrogen-bond acceptors (Lipinski definition) is 10. The molecule has 234 valence electrons. The van der Waals surface area contributed by atoms with E-state index < -0.39 is 72.7 Å². The Kier molecular flexibility index (Phi) is 13.8. The predicted molar refractivity (Wildman–Crippen MR) is 154 cm³/mol. The van der Waals surface area contributed by atoms with Crippen LogP contribution in [0.5, 0.6) is 0 Å². The normalized spacial score (nSPS) is 42.3. The predicted octanol–water partition coefficient (Wildman–Crippen LogP) is 2.43. The smallest absolute Gasteiger partial charge is 0.308 e. The number of cyclic esters (lactones) is 1. The molecule has 0 spiro atoms. The quantitative estimate of drug-likeness (QED) is 0.316. The minimum atomic E-state index is -1.24. The van der Waals surface area contributed by atoms with Crippen molar-refractivity contribution < 1.29 is 43.9 Å². The number of carbonyl (C=O) groups excluding carboxylic acids is 3. The number of aliphatic hydroxyl groups excluding tert-OH is 3. The van der Waals surface area contributed by atoms with Crippen LogP contribution < -0.4 is 0 Å². The number of carbonyl (C=O) groups is 3. The molecule has 0 aromatic carbocycles. The molecular formula is C31H51NO9. The van der Waals surface area contributed by atoms with Crippen molar-refractivity contribution in [2.24, 2.45) is 23.7 Å². The zero-order valence-corrected chi connectivity index (χ0v) is 25.8. The Morgan fingerprint density at radius 1 is 1.07 bits per heavy atom. The van der Waals surface area contributed by atoms with Gasteiger partial charge in [0.1, 0.15) is 18.5 Å². The molecule has 0 amide bonds. The van der Waals surface area contributed by atoms with Gasteiger partial charge in [0.2, 0.25) is 0 Å². The Bertz CT molecular complexity index is 935. The first-order valence-corrected chi connectivity index (χ1v) is 14.8. The molecule has 2 heterocycles. The van der Waals surface area contributed by atoms with Crippen molar-refractivity contribution >= 4 is 18.0 Å². The van der Waals surface area contributed by atoms with Gasteiger partial charge in [-0.2, -0.15) is 0 Å². The molecule has 1 fully saturated rings. The highest BCUT2D eigenvalue weighted by Crippen LogP contribution is 2.34. The summed E-state index contributed by atoms with van der Waals surface area (Å²) in [6.45, 7) is 10.9. The molecule has 0 bridgehead atoms. The molecule has 0 aromatic rings. The minimum Gasteiger partial charge on any atom is -0.462 e. The standard InChI is InChI=1S/C31H51NO9/c1-9-25-19(4)14-17(2)10-11-23(34)18(3)15-22(12-13-33)30(20(5)24(35)16-26(36)40-25)41-31-29(38)27(32(7)8)28(37)21(6)39-31/h10-11,13-14,18-22,24-25,27-31,35,37-38H,9,12,15-16H2,1-8H3/b11-10+,17-14+/t18-,19?,20+,21-,22?,24-,25-,27+,28-,29-,30-,31+/m1/s1. The van der Waals surface area contributed by atoms with Crippen molar-refractivity contribution in [3.63, 3.8) is 0 Å². The van der Waals surface area contributed by atoms with Crippen molar-refractivity contribution in [2.75, 3.05) is 14.1 Å². The molecule has 2 aliphatic rings.